The van der Waals surface area contributed by atoms with Gasteiger partial charge in [-0.25, -0.2) is 0 Å². The summed E-state index contributed by atoms with van der Waals surface area (Å²) in [7, 11) is 0. The number of hydrogen-bond donors (Lipinski definition) is 0. The van der Waals surface area contributed by atoms with Crippen molar-refractivity contribution in [1.29, 1.82) is 0 Å². The van der Waals surface area contributed by atoms with E-state index in [1.807, 2.05) is 0 Å². The van der Waals surface area contributed by atoms with E-state index in [0.717, 1.165) is 0 Å². The predicted molar refractivity (Wildman–Crippen MR) is 225 cm³/mol. The van der Waals surface area contributed by atoms with Crippen LogP contribution in [0.25, 0.3) is 49.7 Å². The van der Waals surface area contributed by atoms with Gasteiger partial charge in [0.25, 0.3) is 0 Å². The first-order chi connectivity index (χ1) is 23.5. The largest absolute Gasteiger partial charge is 0.309 e. The Labute approximate surface area is 309 Å². The molecule has 0 aliphatic rings. The summed E-state index contributed by atoms with van der Waals surface area (Å²) >= 11 is 0. The molecular weight excluding hydrogens is 615 g/mol. The molecule has 0 aliphatic carbocycles. The Morgan fingerprint density at radius 3 is 1.29 bits per heavy atom. The number of benzene rings is 5. The summed E-state index contributed by atoms with van der Waals surface area (Å²) in [5.74, 6) is 0. The summed E-state index contributed by atoms with van der Waals surface area (Å²) in [6.07, 6.45) is 0. The molecule has 0 atom stereocenters. The fraction of sp³-hybridized carbons (Fsp3) is 0.400. The van der Waals surface area contributed by atoms with Crippen molar-refractivity contribution >= 4 is 21.8 Å². The number of aromatic nitrogens is 1. The van der Waals surface area contributed by atoms with E-state index in [1.54, 1.807) is 0 Å². The molecule has 0 fully saturated rings. The van der Waals surface area contributed by atoms with Crippen LogP contribution >= 0.6 is 0 Å². The van der Waals surface area contributed by atoms with Gasteiger partial charge < -0.3 is 4.57 Å². The van der Waals surface area contributed by atoms with Gasteiger partial charge in [0.05, 0.1) is 11.0 Å². The van der Waals surface area contributed by atoms with Crippen molar-refractivity contribution in [1.82, 2.24) is 4.57 Å². The fourth-order valence-corrected chi connectivity index (χ4v) is 7.56. The first-order valence-electron chi connectivity index (χ1n) is 19.0. The van der Waals surface area contributed by atoms with Crippen LogP contribution in [0.15, 0.2) is 97.1 Å². The quantitative estimate of drug-likeness (QED) is 0.176. The van der Waals surface area contributed by atoms with Gasteiger partial charge in [-0.05, 0) is 101 Å². The monoisotopic (exact) mass is 675 g/mol. The van der Waals surface area contributed by atoms with Gasteiger partial charge in [0, 0.05) is 16.5 Å². The molecule has 1 heterocycles. The molecule has 0 saturated carbocycles. The van der Waals surface area contributed by atoms with Crippen molar-refractivity contribution in [3.63, 3.8) is 0 Å². The van der Waals surface area contributed by atoms with Crippen LogP contribution in [0, 0.1) is 0 Å². The second-order valence-corrected chi connectivity index (χ2v) is 20.1. The Balaban J connectivity index is 1.87. The molecule has 0 aliphatic heterocycles. The molecule has 0 spiro atoms. The number of nitrogens with zero attached hydrogens (tertiary/aromatic N) is 1. The van der Waals surface area contributed by atoms with Crippen LogP contribution in [-0.2, 0) is 27.1 Å². The number of hydrogen-bond acceptors (Lipinski definition) is 0. The summed E-state index contributed by atoms with van der Waals surface area (Å²) in [5, 5.41) is 2.69. The highest BCUT2D eigenvalue weighted by molar-refractivity contribution is 6.18. The summed E-state index contributed by atoms with van der Waals surface area (Å²) in [6, 6.07) is 37.4. The van der Waals surface area contributed by atoms with E-state index in [9.17, 15) is 0 Å². The third-order valence-electron chi connectivity index (χ3n) is 10.7. The van der Waals surface area contributed by atoms with Crippen molar-refractivity contribution in [2.75, 3.05) is 0 Å². The van der Waals surface area contributed by atoms with Gasteiger partial charge in [-0.1, -0.05) is 177 Å². The Bertz CT molecular complexity index is 2170. The number of rotatable bonds is 3. The van der Waals surface area contributed by atoms with Crippen LogP contribution in [0.3, 0.4) is 0 Å². The molecule has 0 bridgehead atoms. The van der Waals surface area contributed by atoms with Crippen LogP contribution in [0.4, 0.5) is 0 Å². The van der Waals surface area contributed by atoms with E-state index in [0.29, 0.717) is 0 Å². The molecule has 0 saturated heterocycles. The molecule has 51 heavy (non-hydrogen) atoms. The highest BCUT2D eigenvalue weighted by Crippen LogP contribution is 2.48. The fourth-order valence-electron chi connectivity index (χ4n) is 7.56. The smallest absolute Gasteiger partial charge is 0.0547 e. The molecule has 0 amide bonds. The van der Waals surface area contributed by atoms with Crippen molar-refractivity contribution in [2.45, 2.75) is 131 Å². The third-order valence-corrected chi connectivity index (χ3v) is 10.7. The lowest BCUT2D eigenvalue weighted by Crippen LogP contribution is -2.17. The molecule has 0 N–H and O–H groups in total. The van der Waals surface area contributed by atoms with Crippen LogP contribution in [0.2, 0.25) is 0 Å². The lowest BCUT2D eigenvalue weighted by Gasteiger charge is -2.27. The lowest BCUT2D eigenvalue weighted by atomic mass is 9.77. The normalized spacial score (nSPS) is 13.4. The third kappa shape index (κ3) is 6.94. The van der Waals surface area contributed by atoms with Gasteiger partial charge >= 0.3 is 0 Å². The predicted octanol–water partition coefficient (Wildman–Crippen LogP) is 14.6. The van der Waals surface area contributed by atoms with E-state index >= 15 is 0 Å². The van der Waals surface area contributed by atoms with E-state index in [4.69, 9.17) is 0 Å². The molecular formula is C50H61N. The maximum atomic E-state index is 2.57. The number of fused-ring (bicyclic) bond motifs is 3. The van der Waals surface area contributed by atoms with Gasteiger partial charge in [-0.2, -0.15) is 0 Å². The lowest BCUT2D eigenvalue weighted by molar-refractivity contribution is 0.567. The van der Waals surface area contributed by atoms with Gasteiger partial charge in [0.15, 0.2) is 0 Å². The SMILES string of the molecule is CC(C)(C)c1cc(-c2cccc3c2c2c(C(C)(C)C)c(-c4ccccc4)ccc2n3-c2cc(C(C)(C)C)cc(C(C)(C)C)c2)cc(C(C)(C)C)c1. The van der Waals surface area contributed by atoms with Crippen LogP contribution < -0.4 is 0 Å². The molecule has 6 rings (SSSR count). The van der Waals surface area contributed by atoms with Crippen LogP contribution in [0.5, 0.6) is 0 Å². The van der Waals surface area contributed by atoms with Crippen LogP contribution in [0.1, 0.15) is 132 Å². The maximum Gasteiger partial charge on any atom is 0.0547 e. The Hall–Kier alpha value is -4.10. The Kier molecular flexibility index (Phi) is 8.81. The van der Waals surface area contributed by atoms with E-state index in [2.05, 4.69) is 205 Å². The van der Waals surface area contributed by atoms with E-state index in [-0.39, 0.29) is 27.1 Å². The first kappa shape index (κ1) is 36.7. The summed E-state index contributed by atoms with van der Waals surface area (Å²) in [6.45, 7) is 35.2. The molecule has 1 aromatic heterocycles. The molecule has 1 nitrogen and oxygen atoms in total. The second kappa shape index (κ2) is 12.3. The summed E-state index contributed by atoms with van der Waals surface area (Å²) < 4.78 is 2.57. The molecule has 6 aromatic rings. The summed E-state index contributed by atoms with van der Waals surface area (Å²) in [5.41, 5.74) is 15.7. The Morgan fingerprint density at radius 2 is 0.824 bits per heavy atom. The molecule has 1 heteroatoms. The highest BCUT2D eigenvalue weighted by atomic mass is 15.0. The minimum absolute atomic E-state index is 0.00767. The van der Waals surface area contributed by atoms with E-state index < -0.39 is 0 Å². The topological polar surface area (TPSA) is 4.93 Å². The van der Waals surface area contributed by atoms with Crippen molar-refractivity contribution in [3.8, 4) is 27.9 Å². The van der Waals surface area contributed by atoms with Gasteiger partial charge in [-0.3, -0.25) is 0 Å². The highest BCUT2D eigenvalue weighted by Gasteiger charge is 2.30. The zero-order valence-corrected chi connectivity index (χ0v) is 34.2. The summed E-state index contributed by atoms with van der Waals surface area (Å²) in [4.78, 5) is 0. The molecule has 0 radical (unpaired) electrons. The minimum Gasteiger partial charge on any atom is -0.309 e. The van der Waals surface area contributed by atoms with Crippen molar-refractivity contribution < 1.29 is 0 Å². The van der Waals surface area contributed by atoms with Gasteiger partial charge in [0.2, 0.25) is 0 Å². The zero-order chi connectivity index (χ0) is 37.5. The van der Waals surface area contributed by atoms with Crippen molar-refractivity contribution in [2.24, 2.45) is 0 Å². The molecule has 0 unspecified atom stereocenters. The average molecular weight is 676 g/mol. The average Bonchev–Trinajstić information content (AvgIpc) is 3.36. The van der Waals surface area contributed by atoms with E-state index in [1.165, 1.54) is 77.6 Å². The first-order valence-corrected chi connectivity index (χ1v) is 19.0. The maximum absolute atomic E-state index is 2.57. The standard InChI is InChI=1S/C50H61N/c1-46(2,3)34-26-33(27-35(28-34)47(4,5)6)39-22-19-23-41-43(39)44-42(25-24-40(45(44)50(13,14)15)32-20-17-16-18-21-32)51(41)38-30-36(48(7,8)9)29-37(31-38)49(10,11)12/h16-31H,1-15H3. The second-order valence-electron chi connectivity index (χ2n) is 20.1. The minimum atomic E-state index is -0.120. The van der Waals surface area contributed by atoms with Gasteiger partial charge in [0.1, 0.15) is 0 Å². The zero-order valence-electron chi connectivity index (χ0n) is 34.2. The van der Waals surface area contributed by atoms with Crippen molar-refractivity contribution in [3.05, 3.63) is 125 Å². The van der Waals surface area contributed by atoms with Crippen LogP contribution in [-0.4, -0.2) is 4.57 Å². The molecule has 5 aromatic carbocycles. The Morgan fingerprint density at radius 1 is 0.353 bits per heavy atom. The molecule has 266 valence electrons. The van der Waals surface area contributed by atoms with Gasteiger partial charge in [-0.15, -0.1) is 0 Å².